The molecule has 5 fully saturated rings. The minimum Gasteiger partial charge on any atom is -0.352 e. The Bertz CT molecular complexity index is 847. The van der Waals surface area contributed by atoms with Crippen molar-refractivity contribution in [2.24, 2.45) is 23.7 Å². The van der Waals surface area contributed by atoms with Crippen molar-refractivity contribution in [3.8, 4) is 0 Å². The Kier molecular flexibility index (Phi) is 5.81. The van der Waals surface area contributed by atoms with Crippen molar-refractivity contribution in [3.05, 3.63) is 29.6 Å². The molecule has 1 amide bonds. The van der Waals surface area contributed by atoms with Gasteiger partial charge in [0.1, 0.15) is 0 Å². The van der Waals surface area contributed by atoms with Crippen LogP contribution in [0.25, 0.3) is 0 Å². The first-order chi connectivity index (χ1) is 15.3. The molecule has 1 N–H and O–H groups in total. The maximum Gasteiger partial charge on any atom is 0.220 e. The van der Waals surface area contributed by atoms with Gasteiger partial charge in [0.25, 0.3) is 0 Å². The van der Waals surface area contributed by atoms with E-state index in [-0.39, 0.29) is 17.9 Å². The number of ether oxygens (including phenoxy) is 2. The third-order valence-corrected chi connectivity index (χ3v) is 8.41. The molecular weight excluding hydrogens is 408 g/mol. The summed E-state index contributed by atoms with van der Waals surface area (Å²) in [4.78, 5) is 28.9. The van der Waals surface area contributed by atoms with Gasteiger partial charge in [0.15, 0.2) is 11.9 Å². The number of carbonyl (C=O) groups is 1. The molecule has 7 nitrogen and oxygen atoms in total. The number of fused-ring (bicyclic) bond motifs is 2. The van der Waals surface area contributed by atoms with E-state index in [9.17, 15) is 4.79 Å². The van der Waals surface area contributed by atoms with Gasteiger partial charge in [-0.2, -0.15) is 0 Å². The van der Waals surface area contributed by atoms with Crippen LogP contribution in [0.15, 0.2) is 18.3 Å². The summed E-state index contributed by atoms with van der Waals surface area (Å²) in [6.07, 6.45) is 6.53. The van der Waals surface area contributed by atoms with Gasteiger partial charge in [-0.1, -0.05) is 19.9 Å². The second kappa shape index (κ2) is 8.35. The Hall–Kier alpha value is -1.54. The lowest BCUT2D eigenvalue weighted by Gasteiger charge is -2.60. The van der Waals surface area contributed by atoms with Crippen LogP contribution in [0.3, 0.4) is 0 Å². The van der Waals surface area contributed by atoms with E-state index in [0.29, 0.717) is 37.1 Å². The molecule has 4 saturated heterocycles. The number of pyridine rings is 1. The molecule has 0 aromatic carbocycles. The molecule has 0 radical (unpaired) electrons. The normalized spacial score (nSPS) is 42.8. The van der Waals surface area contributed by atoms with E-state index in [1.807, 2.05) is 32.2 Å². The van der Waals surface area contributed by atoms with Gasteiger partial charge in [-0.3, -0.25) is 9.78 Å². The zero-order valence-electron chi connectivity index (χ0n) is 19.6. The molecule has 5 aliphatic rings. The molecule has 6 rings (SSSR count). The minimum absolute atomic E-state index is 0.0339. The van der Waals surface area contributed by atoms with Crippen LogP contribution in [0.5, 0.6) is 0 Å². The smallest absolute Gasteiger partial charge is 0.220 e. The minimum atomic E-state index is -0.762. The molecule has 5 heterocycles. The first kappa shape index (κ1) is 22.3. The number of hydrogen-bond acceptors (Lipinski definition) is 6. The highest BCUT2D eigenvalue weighted by Gasteiger charge is 2.69. The number of nitrogens with zero attached hydrogens (tertiary/aromatic N) is 1. The number of carbonyl (C=O) groups excluding carboxylic acids is 1. The molecule has 176 valence electrons. The fourth-order valence-corrected chi connectivity index (χ4v) is 6.47. The molecule has 1 saturated carbocycles. The van der Waals surface area contributed by atoms with Gasteiger partial charge in [-0.25, -0.2) is 9.78 Å². The van der Waals surface area contributed by atoms with Gasteiger partial charge in [0.05, 0.1) is 6.10 Å². The SMILES string of the molecule is Cc1ccc(CNC(=O)CC[C@H]2O[C@@H]3O[C@]4(C)CC[C@H]5[C@H](C)CC[C@@H]([C@H]2C)[C@@]35OO4)cn1. The lowest BCUT2D eigenvalue weighted by Crippen LogP contribution is -2.70. The maximum absolute atomic E-state index is 12.5. The summed E-state index contributed by atoms with van der Waals surface area (Å²) in [5.74, 6) is 0.761. The Morgan fingerprint density at radius 1 is 1.19 bits per heavy atom. The number of aryl methyl sites for hydroxylation is 1. The Balaban J connectivity index is 1.25. The van der Waals surface area contributed by atoms with Crippen molar-refractivity contribution in [2.45, 2.75) is 96.5 Å². The maximum atomic E-state index is 12.5. The van der Waals surface area contributed by atoms with Crippen molar-refractivity contribution in [2.75, 3.05) is 0 Å². The average molecular weight is 445 g/mol. The summed E-state index contributed by atoms with van der Waals surface area (Å²) in [5, 5.41) is 3.01. The fraction of sp³-hybridized carbons (Fsp3) is 0.760. The predicted molar refractivity (Wildman–Crippen MR) is 117 cm³/mol. The fourth-order valence-electron chi connectivity index (χ4n) is 6.47. The van der Waals surface area contributed by atoms with Crippen molar-refractivity contribution in [1.82, 2.24) is 10.3 Å². The number of nitrogens with one attached hydrogen (secondary N) is 1. The lowest BCUT2D eigenvalue weighted by molar-refractivity contribution is -0.571. The van der Waals surface area contributed by atoms with E-state index in [4.69, 9.17) is 19.2 Å². The first-order valence-electron chi connectivity index (χ1n) is 12.2. The van der Waals surface area contributed by atoms with E-state index < -0.39 is 17.7 Å². The summed E-state index contributed by atoms with van der Waals surface area (Å²) >= 11 is 0. The highest BCUT2D eigenvalue weighted by Crippen LogP contribution is 2.60. The summed E-state index contributed by atoms with van der Waals surface area (Å²) in [7, 11) is 0. The standard InChI is InChI=1S/C25H36N2O5/c1-15-5-8-20-17(3)21(9-10-22(28)27-14-18-7-6-16(2)26-13-18)29-23-25(20)19(15)11-12-24(4,30-23)31-32-25/h6-7,13,15,17,19-21,23H,5,8-12,14H2,1-4H3,(H,27,28)/t15-,17-,19+,20+,21-,23-,24+,25-/m1/s1. The van der Waals surface area contributed by atoms with Crippen molar-refractivity contribution in [3.63, 3.8) is 0 Å². The molecular formula is C25H36N2O5. The van der Waals surface area contributed by atoms with E-state index in [0.717, 1.165) is 30.5 Å². The average Bonchev–Trinajstić information content (AvgIpc) is 3.01. The molecule has 32 heavy (non-hydrogen) atoms. The molecule has 7 heteroatoms. The van der Waals surface area contributed by atoms with E-state index in [1.165, 1.54) is 6.42 Å². The highest BCUT2D eigenvalue weighted by molar-refractivity contribution is 5.75. The van der Waals surface area contributed by atoms with Gasteiger partial charge in [0, 0.05) is 37.2 Å². The van der Waals surface area contributed by atoms with Gasteiger partial charge < -0.3 is 14.8 Å². The summed E-state index contributed by atoms with van der Waals surface area (Å²) < 4.78 is 13.0. The molecule has 4 aliphatic heterocycles. The quantitative estimate of drug-likeness (QED) is 0.691. The van der Waals surface area contributed by atoms with Crippen LogP contribution in [-0.4, -0.2) is 34.7 Å². The summed E-state index contributed by atoms with van der Waals surface area (Å²) in [6, 6.07) is 3.95. The molecule has 1 aliphatic carbocycles. The van der Waals surface area contributed by atoms with E-state index in [2.05, 4.69) is 24.1 Å². The third kappa shape index (κ3) is 3.77. The van der Waals surface area contributed by atoms with Crippen LogP contribution < -0.4 is 5.32 Å². The third-order valence-electron chi connectivity index (χ3n) is 8.41. The monoisotopic (exact) mass is 444 g/mol. The summed E-state index contributed by atoms with van der Waals surface area (Å²) in [6.45, 7) is 8.95. The zero-order chi connectivity index (χ0) is 22.5. The Morgan fingerprint density at radius 3 is 2.81 bits per heavy atom. The van der Waals surface area contributed by atoms with Crippen molar-refractivity contribution in [1.29, 1.82) is 0 Å². The number of hydrogen-bond donors (Lipinski definition) is 1. The Labute approximate surface area is 190 Å². The van der Waals surface area contributed by atoms with Gasteiger partial charge in [-0.15, -0.1) is 0 Å². The molecule has 2 bridgehead atoms. The van der Waals surface area contributed by atoms with Crippen molar-refractivity contribution >= 4 is 5.91 Å². The van der Waals surface area contributed by atoms with Crippen LogP contribution in [0.2, 0.25) is 0 Å². The van der Waals surface area contributed by atoms with Crippen molar-refractivity contribution < 1.29 is 24.0 Å². The lowest BCUT2D eigenvalue weighted by atomic mass is 9.57. The van der Waals surface area contributed by atoms with E-state index >= 15 is 0 Å². The van der Waals surface area contributed by atoms with Crippen LogP contribution >= 0.6 is 0 Å². The molecule has 1 spiro atoms. The number of aromatic nitrogens is 1. The van der Waals surface area contributed by atoms with Crippen LogP contribution in [-0.2, 0) is 30.6 Å². The molecule has 8 atom stereocenters. The Morgan fingerprint density at radius 2 is 2.03 bits per heavy atom. The predicted octanol–water partition coefficient (Wildman–Crippen LogP) is 4.04. The van der Waals surface area contributed by atoms with Gasteiger partial charge >= 0.3 is 0 Å². The van der Waals surface area contributed by atoms with Crippen LogP contribution in [0, 0.1) is 30.6 Å². The number of rotatable bonds is 5. The second-order valence-corrected chi connectivity index (χ2v) is 10.6. The largest absolute Gasteiger partial charge is 0.352 e. The van der Waals surface area contributed by atoms with Crippen LogP contribution in [0.1, 0.15) is 70.6 Å². The highest BCUT2D eigenvalue weighted by atomic mass is 17.3. The first-order valence-corrected chi connectivity index (χ1v) is 12.2. The van der Waals surface area contributed by atoms with Crippen LogP contribution in [0.4, 0.5) is 0 Å². The van der Waals surface area contributed by atoms with Gasteiger partial charge in [-0.05, 0) is 68.9 Å². The summed E-state index contributed by atoms with van der Waals surface area (Å²) in [5.41, 5.74) is 1.44. The van der Waals surface area contributed by atoms with E-state index in [1.54, 1.807) is 0 Å². The number of amides is 1. The topological polar surface area (TPSA) is 78.9 Å². The molecule has 0 unspecified atom stereocenters. The molecule has 1 aromatic heterocycles. The van der Waals surface area contributed by atoms with Gasteiger partial charge in [0.2, 0.25) is 11.7 Å². The second-order valence-electron chi connectivity index (χ2n) is 10.6. The zero-order valence-corrected chi connectivity index (χ0v) is 19.6. The molecule has 1 aromatic rings.